The van der Waals surface area contributed by atoms with Crippen LogP contribution in [0.5, 0.6) is 0 Å². The van der Waals surface area contributed by atoms with E-state index in [0.717, 1.165) is 0 Å². The Balaban J connectivity index is 1.62. The van der Waals surface area contributed by atoms with Gasteiger partial charge in [-0.3, -0.25) is 14.4 Å². The molecule has 1 aliphatic carbocycles. The van der Waals surface area contributed by atoms with Gasteiger partial charge in [0.1, 0.15) is 12.4 Å². The van der Waals surface area contributed by atoms with E-state index in [1.807, 2.05) is 0 Å². The first kappa shape index (κ1) is 18.6. The molecule has 140 valence electrons. The van der Waals surface area contributed by atoms with E-state index in [0.29, 0.717) is 29.7 Å². The first-order valence-corrected chi connectivity index (χ1v) is 8.54. The number of aliphatic carboxylic acids is 1. The molecule has 2 aromatic carbocycles. The zero-order chi connectivity index (χ0) is 19.4. The molecule has 0 bridgehead atoms. The van der Waals surface area contributed by atoms with Gasteiger partial charge in [-0.15, -0.1) is 0 Å². The standard InChI is InChI=1S/C20H19FN2O4/c21-16-4-2-1-3-15(16)20(9-10-20)19(27)23-14-7-5-13(6-8-14)11-17(24)22-12-18(25)26/h1-8H,9-12H2,(H,22,24)(H,23,27)(H,25,26). The first-order valence-electron chi connectivity index (χ1n) is 8.54. The van der Waals surface area contributed by atoms with E-state index in [-0.39, 0.29) is 18.1 Å². The third-order valence-electron chi connectivity index (χ3n) is 4.59. The van der Waals surface area contributed by atoms with Crippen LogP contribution in [0.2, 0.25) is 0 Å². The predicted octanol–water partition coefficient (Wildman–Crippen LogP) is 2.24. The molecule has 1 aliphatic rings. The van der Waals surface area contributed by atoms with Gasteiger partial charge in [-0.1, -0.05) is 30.3 Å². The van der Waals surface area contributed by atoms with Crippen LogP contribution in [0.15, 0.2) is 48.5 Å². The molecule has 27 heavy (non-hydrogen) atoms. The summed E-state index contributed by atoms with van der Waals surface area (Å²) in [4.78, 5) is 34.7. The van der Waals surface area contributed by atoms with Crippen LogP contribution in [-0.2, 0) is 26.2 Å². The Morgan fingerprint density at radius 2 is 1.70 bits per heavy atom. The molecule has 3 N–H and O–H groups in total. The smallest absolute Gasteiger partial charge is 0.322 e. The Morgan fingerprint density at radius 3 is 2.30 bits per heavy atom. The molecule has 2 amide bonds. The van der Waals surface area contributed by atoms with Gasteiger partial charge < -0.3 is 15.7 Å². The highest BCUT2D eigenvalue weighted by Gasteiger charge is 2.52. The van der Waals surface area contributed by atoms with Crippen molar-refractivity contribution in [1.82, 2.24) is 5.32 Å². The third kappa shape index (κ3) is 4.31. The zero-order valence-corrected chi connectivity index (χ0v) is 14.5. The minimum atomic E-state index is -1.11. The first-order chi connectivity index (χ1) is 12.9. The van der Waals surface area contributed by atoms with Gasteiger partial charge in [0.15, 0.2) is 0 Å². The van der Waals surface area contributed by atoms with Crippen LogP contribution in [0.25, 0.3) is 0 Å². The van der Waals surface area contributed by atoms with Crippen molar-refractivity contribution in [2.75, 3.05) is 11.9 Å². The summed E-state index contributed by atoms with van der Waals surface area (Å²) in [5, 5.41) is 13.6. The van der Waals surface area contributed by atoms with Crippen molar-refractivity contribution in [2.24, 2.45) is 0 Å². The van der Waals surface area contributed by atoms with Crippen molar-refractivity contribution in [3.8, 4) is 0 Å². The summed E-state index contributed by atoms with van der Waals surface area (Å²) in [7, 11) is 0. The van der Waals surface area contributed by atoms with Crippen LogP contribution in [0.3, 0.4) is 0 Å². The molecule has 0 spiro atoms. The molecule has 2 aromatic rings. The molecule has 1 fully saturated rings. The van der Waals surface area contributed by atoms with Crippen LogP contribution in [0.4, 0.5) is 10.1 Å². The van der Waals surface area contributed by atoms with Gasteiger partial charge in [0.25, 0.3) is 0 Å². The van der Waals surface area contributed by atoms with E-state index in [9.17, 15) is 18.8 Å². The lowest BCUT2D eigenvalue weighted by Gasteiger charge is -2.16. The molecule has 0 aliphatic heterocycles. The van der Waals surface area contributed by atoms with Gasteiger partial charge >= 0.3 is 5.97 Å². The van der Waals surface area contributed by atoms with E-state index in [2.05, 4.69) is 10.6 Å². The molecule has 3 rings (SSSR count). The molecule has 0 saturated heterocycles. The summed E-state index contributed by atoms with van der Waals surface area (Å²) in [5.74, 6) is -2.14. The van der Waals surface area contributed by atoms with Gasteiger partial charge in [-0.05, 0) is 36.6 Å². The lowest BCUT2D eigenvalue weighted by molar-refractivity contribution is -0.137. The Kier molecular flexibility index (Phi) is 5.21. The predicted molar refractivity (Wildman–Crippen MR) is 96.7 cm³/mol. The monoisotopic (exact) mass is 370 g/mol. The highest BCUT2D eigenvalue weighted by Crippen LogP contribution is 2.49. The van der Waals surface area contributed by atoms with Crippen molar-refractivity contribution in [1.29, 1.82) is 0 Å². The van der Waals surface area contributed by atoms with E-state index in [1.54, 1.807) is 42.5 Å². The molecular formula is C20H19FN2O4. The molecule has 0 heterocycles. The Labute approximate surface area is 155 Å². The second-order valence-electron chi connectivity index (χ2n) is 6.56. The summed E-state index contributed by atoms with van der Waals surface area (Å²) in [6.45, 7) is -0.425. The number of carboxylic acids is 1. The normalized spacial score (nSPS) is 14.3. The molecule has 0 unspecified atom stereocenters. The fourth-order valence-corrected chi connectivity index (χ4v) is 2.97. The van der Waals surface area contributed by atoms with Gasteiger partial charge in [0.05, 0.1) is 11.8 Å². The lowest BCUT2D eigenvalue weighted by atomic mass is 9.94. The number of carbonyl (C=O) groups is 3. The number of benzene rings is 2. The number of nitrogens with one attached hydrogen (secondary N) is 2. The van der Waals surface area contributed by atoms with Crippen molar-refractivity contribution in [3.05, 3.63) is 65.5 Å². The number of hydrogen-bond donors (Lipinski definition) is 3. The zero-order valence-electron chi connectivity index (χ0n) is 14.5. The maximum Gasteiger partial charge on any atom is 0.322 e. The summed E-state index contributed by atoms with van der Waals surface area (Å²) < 4.78 is 14.1. The maximum atomic E-state index is 14.1. The highest BCUT2D eigenvalue weighted by atomic mass is 19.1. The Morgan fingerprint density at radius 1 is 1.04 bits per heavy atom. The van der Waals surface area contributed by atoms with E-state index in [1.165, 1.54) is 6.07 Å². The number of carboxylic acid groups (broad SMARTS) is 1. The number of halogens is 1. The molecule has 0 atom stereocenters. The second kappa shape index (κ2) is 7.57. The number of amides is 2. The van der Waals surface area contributed by atoms with Crippen molar-refractivity contribution >= 4 is 23.5 Å². The fourth-order valence-electron chi connectivity index (χ4n) is 2.97. The SMILES string of the molecule is O=C(O)CNC(=O)Cc1ccc(NC(=O)C2(c3ccccc3F)CC2)cc1. The van der Waals surface area contributed by atoms with Crippen LogP contribution < -0.4 is 10.6 Å². The number of carbonyl (C=O) groups excluding carboxylic acids is 2. The van der Waals surface area contributed by atoms with Gasteiger partial charge in [0.2, 0.25) is 11.8 Å². The minimum absolute atomic E-state index is 0.0423. The van der Waals surface area contributed by atoms with Crippen LogP contribution in [0.1, 0.15) is 24.0 Å². The Hall–Kier alpha value is -3.22. The van der Waals surface area contributed by atoms with Gasteiger partial charge in [0, 0.05) is 11.3 Å². The summed E-state index contributed by atoms with van der Waals surface area (Å²) in [6.07, 6.45) is 1.24. The second-order valence-corrected chi connectivity index (χ2v) is 6.56. The summed E-state index contributed by atoms with van der Waals surface area (Å²) in [6, 6.07) is 13.0. The molecule has 7 heteroatoms. The molecule has 0 radical (unpaired) electrons. The van der Waals surface area contributed by atoms with E-state index >= 15 is 0 Å². The molecule has 0 aromatic heterocycles. The van der Waals surface area contributed by atoms with Gasteiger partial charge in [-0.2, -0.15) is 0 Å². The van der Waals surface area contributed by atoms with E-state index in [4.69, 9.17) is 5.11 Å². The summed E-state index contributed by atoms with van der Waals surface area (Å²) in [5.41, 5.74) is 0.832. The lowest BCUT2D eigenvalue weighted by Crippen LogP contribution is -2.30. The van der Waals surface area contributed by atoms with E-state index < -0.39 is 23.8 Å². The van der Waals surface area contributed by atoms with Crippen LogP contribution in [-0.4, -0.2) is 29.4 Å². The molecule has 6 nitrogen and oxygen atoms in total. The minimum Gasteiger partial charge on any atom is -0.480 e. The largest absolute Gasteiger partial charge is 0.480 e. The number of rotatable bonds is 7. The van der Waals surface area contributed by atoms with Crippen LogP contribution >= 0.6 is 0 Å². The third-order valence-corrected chi connectivity index (χ3v) is 4.59. The van der Waals surface area contributed by atoms with Crippen molar-refractivity contribution < 1.29 is 23.9 Å². The maximum absolute atomic E-state index is 14.1. The molecular weight excluding hydrogens is 351 g/mol. The van der Waals surface area contributed by atoms with Crippen molar-refractivity contribution in [2.45, 2.75) is 24.7 Å². The number of hydrogen-bond acceptors (Lipinski definition) is 3. The number of anilines is 1. The molecule has 1 saturated carbocycles. The highest BCUT2D eigenvalue weighted by molar-refractivity contribution is 6.01. The Bertz CT molecular complexity index is 876. The van der Waals surface area contributed by atoms with Crippen molar-refractivity contribution in [3.63, 3.8) is 0 Å². The average Bonchev–Trinajstić information content (AvgIpc) is 3.44. The summed E-state index contributed by atoms with van der Waals surface area (Å²) >= 11 is 0. The van der Waals surface area contributed by atoms with Gasteiger partial charge in [-0.25, -0.2) is 4.39 Å². The fraction of sp³-hybridized carbons (Fsp3) is 0.250. The van der Waals surface area contributed by atoms with Crippen LogP contribution in [0, 0.1) is 5.82 Å². The quantitative estimate of drug-likeness (QED) is 0.697. The topological polar surface area (TPSA) is 95.5 Å². The average molecular weight is 370 g/mol.